The zero-order chi connectivity index (χ0) is 57.6. The molecule has 0 heterocycles. The number of carbonyl (C=O) groups is 9. The van der Waals surface area contributed by atoms with Crippen molar-refractivity contribution in [3.8, 4) is 0 Å². The molecule has 3 rings (SSSR count). The number of Topliss-reactive ketones (excluding diaryl/α,β-unsaturated/α-hetero) is 4. The number of aliphatic hydroxyl groups is 2. The molecule has 0 saturated heterocycles. The number of hydrogen-bond acceptors (Lipinski definition) is 15. The van der Waals surface area contributed by atoms with Crippen LogP contribution in [0, 0.1) is 17.8 Å². The summed E-state index contributed by atoms with van der Waals surface area (Å²) >= 11 is 0. The van der Waals surface area contributed by atoms with Crippen molar-refractivity contribution >= 4 is 52.9 Å². The second kappa shape index (κ2) is 30.7. The molecule has 0 aromatic heterocycles. The van der Waals surface area contributed by atoms with Gasteiger partial charge in [-0.1, -0.05) is 105 Å². The molecule has 20 nitrogen and oxygen atoms in total. The Morgan fingerprint density at radius 3 is 1.43 bits per heavy atom. The fourth-order valence-electron chi connectivity index (χ4n) is 7.83. The second-order valence-electron chi connectivity index (χ2n) is 20.8. The highest BCUT2D eigenvalue weighted by Crippen LogP contribution is 2.37. The Hall–Kier alpha value is -6.71. The number of hydrogen-bond donors (Lipinski definition) is 9. The molecule has 2 unspecified atom stereocenters. The number of benzene rings is 3. The Labute approximate surface area is 446 Å². The largest absolute Gasteiger partial charge is 0.444 e. The Balaban J connectivity index is 0.000000720. The summed E-state index contributed by atoms with van der Waals surface area (Å²) in [6.45, 7) is 16.0. The molecule has 3 aromatic rings. The molecule has 0 aliphatic rings. The maximum absolute atomic E-state index is 14.4. The van der Waals surface area contributed by atoms with E-state index in [1.54, 1.807) is 34.6 Å². The van der Waals surface area contributed by atoms with Gasteiger partial charge in [0.25, 0.3) is 0 Å². The number of ether oxygens (including phenoxy) is 2. The number of alkyl carbamates (subject to hydrolysis) is 1. The lowest BCUT2D eigenvalue weighted by atomic mass is 9.76. The molecule has 12 N–H and O–H groups in total. The van der Waals surface area contributed by atoms with E-state index in [4.69, 9.17) is 31.8 Å². The van der Waals surface area contributed by atoms with Crippen LogP contribution < -0.4 is 38.5 Å². The van der Waals surface area contributed by atoms with Gasteiger partial charge >= 0.3 is 6.09 Å². The third-order valence-corrected chi connectivity index (χ3v) is 12.0. The molecule has 8 atom stereocenters. The van der Waals surface area contributed by atoms with Crippen molar-refractivity contribution in [3.63, 3.8) is 0 Å². The van der Waals surface area contributed by atoms with E-state index in [-0.39, 0.29) is 18.2 Å². The zero-order valence-electron chi connectivity index (χ0n) is 45.6. The molecule has 0 fully saturated rings. The summed E-state index contributed by atoms with van der Waals surface area (Å²) in [6, 6.07) is 25.1. The first-order valence-electron chi connectivity index (χ1n) is 25.4. The molecule has 76 heavy (non-hydrogen) atoms. The molecule has 3 aromatic carbocycles. The van der Waals surface area contributed by atoms with Crippen molar-refractivity contribution in [1.82, 2.24) is 21.3 Å². The van der Waals surface area contributed by atoms with Gasteiger partial charge in [0.2, 0.25) is 23.6 Å². The summed E-state index contributed by atoms with van der Waals surface area (Å²) in [6.07, 6.45) is -3.78. The van der Waals surface area contributed by atoms with E-state index in [2.05, 4.69) is 21.3 Å². The summed E-state index contributed by atoms with van der Waals surface area (Å²) in [5, 5.41) is 28.8. The minimum atomic E-state index is -1.21. The topological polar surface area (TPSA) is 339 Å². The van der Waals surface area contributed by atoms with Gasteiger partial charge in [-0.3, -0.25) is 38.4 Å². The zero-order valence-corrected chi connectivity index (χ0v) is 45.6. The van der Waals surface area contributed by atoms with Gasteiger partial charge in [-0.2, -0.15) is 0 Å². The second-order valence-corrected chi connectivity index (χ2v) is 20.8. The predicted molar refractivity (Wildman–Crippen MR) is 286 cm³/mol. The van der Waals surface area contributed by atoms with Gasteiger partial charge in [0.15, 0.2) is 23.1 Å². The standard InChI is InChI=1S/C43H57N3O7.C13H24N4O6/c1-10-29(2)36(48)28-44-39(50)31(26-35(47)38(30(3)52-41(4,5)6)45-40(51)53-42(7,8)9)27-37(49)46-43(32-20-14-11-15-21-32,33-22-16-12-17-23-33)34-24-18-13-19-25-34;1-6(19)12(16)9(20)2-7(3-11(15)22)13(23)17-4-10(21)8(14)5-18/h11-25,29-31,38H,10,26-28H2,1-9H3,(H,44,50)(H,45,51)(H,46,49);6-8,12,18-19H,2-5,14,16H2,1H3,(H2,15,22)(H,17,23)/t29-,30?,31-,38-;6?,7-,8-,12-/m00/s1. The highest BCUT2D eigenvalue weighted by Gasteiger charge is 2.40. The molecule has 0 aliphatic carbocycles. The van der Waals surface area contributed by atoms with Crippen LogP contribution in [0.2, 0.25) is 0 Å². The first-order valence-corrected chi connectivity index (χ1v) is 25.4. The molecule has 5 amide bonds. The molecular weight excluding hydrogens is 979 g/mol. The average molecular weight is 1060 g/mol. The highest BCUT2D eigenvalue weighted by molar-refractivity contribution is 5.96. The first-order chi connectivity index (χ1) is 35.5. The molecular formula is C56H81N7O13. The van der Waals surface area contributed by atoms with E-state index in [9.17, 15) is 48.3 Å². The summed E-state index contributed by atoms with van der Waals surface area (Å²) < 4.78 is 11.5. The van der Waals surface area contributed by atoms with Gasteiger partial charge in [0, 0.05) is 31.6 Å². The Bertz CT molecular complexity index is 2290. The van der Waals surface area contributed by atoms with Gasteiger partial charge in [-0.15, -0.1) is 0 Å². The van der Waals surface area contributed by atoms with Crippen LogP contribution in [-0.4, -0.2) is 124 Å². The number of amides is 5. The molecule has 0 saturated carbocycles. The number of carbonyl (C=O) groups excluding carboxylic acids is 9. The number of primary amides is 1. The van der Waals surface area contributed by atoms with Gasteiger partial charge in [-0.25, -0.2) is 4.79 Å². The quantitative estimate of drug-likeness (QED) is 0.0472. The van der Waals surface area contributed by atoms with Gasteiger partial charge < -0.3 is 58.2 Å². The molecule has 0 radical (unpaired) electrons. The fourth-order valence-corrected chi connectivity index (χ4v) is 7.83. The molecule has 418 valence electrons. The van der Waals surface area contributed by atoms with Crippen molar-refractivity contribution < 1.29 is 62.8 Å². The van der Waals surface area contributed by atoms with Crippen LogP contribution in [0.3, 0.4) is 0 Å². The van der Waals surface area contributed by atoms with Crippen LogP contribution in [0.25, 0.3) is 0 Å². The normalized spacial score (nSPS) is 14.8. The van der Waals surface area contributed by atoms with Crippen LogP contribution in [-0.2, 0) is 53.4 Å². The van der Waals surface area contributed by atoms with Crippen molar-refractivity contribution in [2.45, 2.75) is 148 Å². The van der Waals surface area contributed by atoms with E-state index >= 15 is 0 Å². The van der Waals surface area contributed by atoms with Crippen LogP contribution >= 0.6 is 0 Å². The third kappa shape index (κ3) is 21.9. The van der Waals surface area contributed by atoms with E-state index in [0.29, 0.717) is 6.42 Å². The Morgan fingerprint density at radius 1 is 0.605 bits per heavy atom. The molecule has 0 aliphatic heterocycles. The number of ketones is 4. The monoisotopic (exact) mass is 1060 g/mol. The summed E-state index contributed by atoms with van der Waals surface area (Å²) in [4.78, 5) is 114. The minimum absolute atomic E-state index is 0.164. The Morgan fingerprint density at radius 2 is 1.04 bits per heavy atom. The lowest BCUT2D eigenvalue weighted by Gasteiger charge is -2.37. The number of rotatable bonds is 28. The molecule has 20 heteroatoms. The van der Waals surface area contributed by atoms with Crippen molar-refractivity contribution in [2.75, 3.05) is 19.7 Å². The summed E-state index contributed by atoms with van der Waals surface area (Å²) in [5.41, 5.74) is 15.5. The molecule has 0 spiro atoms. The van der Waals surface area contributed by atoms with Crippen LogP contribution in [0.15, 0.2) is 91.0 Å². The van der Waals surface area contributed by atoms with Gasteiger partial charge in [-0.05, 0) is 78.5 Å². The van der Waals surface area contributed by atoms with E-state index in [0.717, 1.165) is 16.7 Å². The lowest BCUT2D eigenvalue weighted by Crippen LogP contribution is -2.53. The van der Waals surface area contributed by atoms with E-state index in [1.165, 1.54) is 6.92 Å². The van der Waals surface area contributed by atoms with Crippen LogP contribution in [0.5, 0.6) is 0 Å². The summed E-state index contributed by atoms with van der Waals surface area (Å²) in [5.74, 6) is -7.17. The summed E-state index contributed by atoms with van der Waals surface area (Å²) in [7, 11) is 0. The number of nitrogens with one attached hydrogen (secondary N) is 4. The van der Waals surface area contributed by atoms with Gasteiger partial charge in [0.1, 0.15) is 17.2 Å². The third-order valence-electron chi connectivity index (χ3n) is 12.0. The average Bonchev–Trinajstić information content (AvgIpc) is 3.36. The lowest BCUT2D eigenvalue weighted by molar-refractivity contribution is -0.137. The minimum Gasteiger partial charge on any atom is -0.444 e. The van der Waals surface area contributed by atoms with E-state index < -0.39 is 145 Å². The number of aliphatic hydroxyl groups excluding tert-OH is 2. The van der Waals surface area contributed by atoms with E-state index in [1.807, 2.05) is 119 Å². The number of nitrogens with two attached hydrogens (primary N) is 3. The van der Waals surface area contributed by atoms with Gasteiger partial charge in [0.05, 0.1) is 61.4 Å². The van der Waals surface area contributed by atoms with Crippen LogP contribution in [0.1, 0.15) is 118 Å². The molecule has 0 bridgehead atoms. The fraction of sp³-hybridized carbons (Fsp3) is 0.518. The van der Waals surface area contributed by atoms with Crippen LogP contribution in [0.4, 0.5) is 4.79 Å². The smallest absolute Gasteiger partial charge is 0.408 e. The maximum atomic E-state index is 14.4. The predicted octanol–water partition coefficient (Wildman–Crippen LogP) is 3.04. The Kier molecular flexibility index (Phi) is 26.5. The van der Waals surface area contributed by atoms with Crippen molar-refractivity contribution in [2.24, 2.45) is 35.0 Å². The van der Waals surface area contributed by atoms with Crippen molar-refractivity contribution in [3.05, 3.63) is 108 Å². The first kappa shape index (κ1) is 65.4. The SMILES string of the molecule is CC(O)[C@H](N)C(=O)C[C@@H](CC(N)=O)C(=O)NCC(=O)[C@@H](N)CO.CC[C@H](C)C(=O)CNC(=O)[C@H](CC(=O)NC(c1ccccc1)(c1ccccc1)c1ccccc1)CC(=O)[C@@H](NC(=O)OC(C)(C)C)C(C)OC(C)(C)C. The highest BCUT2D eigenvalue weighted by atomic mass is 16.6. The van der Waals surface area contributed by atoms with Crippen molar-refractivity contribution in [1.29, 1.82) is 0 Å². The maximum Gasteiger partial charge on any atom is 0.408 e.